The fourth-order valence-corrected chi connectivity index (χ4v) is 2.79. The molecule has 2 aromatic heterocycles. The maximum Gasteiger partial charge on any atom is 0.277 e. The topological polar surface area (TPSA) is 81.2 Å². The Kier molecular flexibility index (Phi) is 5.22. The standard InChI is InChI=1S/C16H14ClN3O3S/c1-10(13-6-3-7-22-13)18-14(21)9-24-16-20-19-15(23-16)11-4-2-5-12(17)8-11/h2-8,10H,9H2,1H3,(H,18,21)/t10-/m1/s1. The summed E-state index contributed by atoms with van der Waals surface area (Å²) in [5.41, 5.74) is 0.734. The van der Waals surface area contributed by atoms with Crippen molar-refractivity contribution in [1.29, 1.82) is 0 Å². The lowest BCUT2D eigenvalue weighted by Gasteiger charge is -2.10. The molecule has 1 amide bonds. The van der Waals surface area contributed by atoms with Crippen LogP contribution in [0.25, 0.3) is 11.5 Å². The van der Waals surface area contributed by atoms with E-state index in [-0.39, 0.29) is 17.7 Å². The first kappa shape index (κ1) is 16.6. The highest BCUT2D eigenvalue weighted by Crippen LogP contribution is 2.25. The first-order valence-corrected chi connectivity index (χ1v) is 8.53. The molecule has 0 unspecified atom stereocenters. The molecule has 0 saturated carbocycles. The number of carbonyl (C=O) groups excluding carboxylic acids is 1. The number of hydrogen-bond acceptors (Lipinski definition) is 6. The van der Waals surface area contributed by atoms with Crippen molar-refractivity contribution in [3.63, 3.8) is 0 Å². The number of carbonyl (C=O) groups is 1. The van der Waals surface area contributed by atoms with E-state index in [9.17, 15) is 4.79 Å². The van der Waals surface area contributed by atoms with Crippen LogP contribution >= 0.6 is 23.4 Å². The summed E-state index contributed by atoms with van der Waals surface area (Å²) in [7, 11) is 0. The second-order valence-electron chi connectivity index (χ2n) is 4.98. The van der Waals surface area contributed by atoms with E-state index in [1.165, 1.54) is 11.8 Å². The monoisotopic (exact) mass is 363 g/mol. The van der Waals surface area contributed by atoms with Crippen LogP contribution in [-0.2, 0) is 4.79 Å². The largest absolute Gasteiger partial charge is 0.467 e. The molecule has 0 spiro atoms. The third-order valence-corrected chi connectivity index (χ3v) is 4.21. The van der Waals surface area contributed by atoms with Gasteiger partial charge in [0.15, 0.2) is 0 Å². The smallest absolute Gasteiger partial charge is 0.277 e. The van der Waals surface area contributed by atoms with Gasteiger partial charge in [-0.1, -0.05) is 29.4 Å². The Morgan fingerprint density at radius 3 is 2.96 bits per heavy atom. The summed E-state index contributed by atoms with van der Waals surface area (Å²) >= 11 is 7.11. The lowest BCUT2D eigenvalue weighted by molar-refractivity contribution is -0.119. The molecule has 0 fully saturated rings. The van der Waals surface area contributed by atoms with Gasteiger partial charge < -0.3 is 14.2 Å². The van der Waals surface area contributed by atoms with Gasteiger partial charge in [0.2, 0.25) is 11.8 Å². The number of aromatic nitrogens is 2. The molecule has 1 N–H and O–H groups in total. The van der Waals surface area contributed by atoms with Gasteiger partial charge >= 0.3 is 0 Å². The summed E-state index contributed by atoms with van der Waals surface area (Å²) in [4.78, 5) is 12.0. The van der Waals surface area contributed by atoms with E-state index in [1.54, 1.807) is 30.5 Å². The van der Waals surface area contributed by atoms with E-state index in [0.29, 0.717) is 21.9 Å². The number of amides is 1. The van der Waals surface area contributed by atoms with Crippen molar-refractivity contribution in [3.05, 3.63) is 53.4 Å². The molecular formula is C16H14ClN3O3S. The van der Waals surface area contributed by atoms with E-state index in [2.05, 4.69) is 15.5 Å². The average molecular weight is 364 g/mol. The van der Waals surface area contributed by atoms with Crippen LogP contribution in [0.5, 0.6) is 0 Å². The zero-order chi connectivity index (χ0) is 16.9. The van der Waals surface area contributed by atoms with Crippen LogP contribution in [0.1, 0.15) is 18.7 Å². The number of nitrogens with zero attached hydrogens (tertiary/aromatic N) is 2. The van der Waals surface area contributed by atoms with E-state index >= 15 is 0 Å². The minimum absolute atomic E-state index is 0.147. The van der Waals surface area contributed by atoms with E-state index in [0.717, 1.165) is 5.56 Å². The summed E-state index contributed by atoms with van der Waals surface area (Å²) in [5, 5.41) is 11.6. The van der Waals surface area contributed by atoms with Gasteiger partial charge in [0, 0.05) is 10.6 Å². The second kappa shape index (κ2) is 7.55. The highest BCUT2D eigenvalue weighted by molar-refractivity contribution is 7.99. The molecule has 1 atom stereocenters. The Morgan fingerprint density at radius 1 is 1.33 bits per heavy atom. The molecule has 24 heavy (non-hydrogen) atoms. The fourth-order valence-electron chi connectivity index (χ4n) is 2.03. The third-order valence-electron chi connectivity index (χ3n) is 3.15. The number of furan rings is 1. The van der Waals surface area contributed by atoms with Gasteiger partial charge in [0.1, 0.15) is 5.76 Å². The van der Waals surface area contributed by atoms with Crippen molar-refractivity contribution >= 4 is 29.3 Å². The number of rotatable bonds is 6. The maximum absolute atomic E-state index is 12.0. The summed E-state index contributed by atoms with van der Waals surface area (Å²) in [6.45, 7) is 1.85. The summed E-state index contributed by atoms with van der Waals surface area (Å²) in [5.74, 6) is 1.09. The Hall–Kier alpha value is -2.25. The molecule has 3 rings (SSSR count). The minimum Gasteiger partial charge on any atom is -0.467 e. The van der Waals surface area contributed by atoms with E-state index in [1.807, 2.05) is 19.1 Å². The normalized spacial score (nSPS) is 12.1. The van der Waals surface area contributed by atoms with Crippen LogP contribution in [0.15, 0.2) is 56.7 Å². The number of halogens is 1. The second-order valence-corrected chi connectivity index (χ2v) is 6.34. The molecule has 124 valence electrons. The molecule has 0 saturated heterocycles. The minimum atomic E-state index is -0.196. The predicted molar refractivity (Wildman–Crippen MR) is 90.7 cm³/mol. The Balaban J connectivity index is 1.54. The Morgan fingerprint density at radius 2 is 2.21 bits per heavy atom. The first-order chi connectivity index (χ1) is 11.6. The third kappa shape index (κ3) is 4.18. The van der Waals surface area contributed by atoms with Crippen LogP contribution < -0.4 is 5.32 Å². The predicted octanol–water partition coefficient (Wildman–Crippen LogP) is 3.95. The quantitative estimate of drug-likeness (QED) is 0.668. The van der Waals surface area contributed by atoms with Gasteiger partial charge in [0.25, 0.3) is 5.22 Å². The van der Waals surface area contributed by atoms with Gasteiger partial charge in [-0.15, -0.1) is 10.2 Å². The molecule has 2 heterocycles. The molecule has 0 aliphatic heterocycles. The molecular weight excluding hydrogens is 350 g/mol. The molecule has 0 aliphatic carbocycles. The van der Waals surface area contributed by atoms with Crippen LogP contribution in [0, 0.1) is 0 Å². The molecule has 6 nitrogen and oxygen atoms in total. The van der Waals surface area contributed by atoms with Crippen molar-refractivity contribution in [2.24, 2.45) is 0 Å². The number of nitrogens with one attached hydrogen (secondary N) is 1. The zero-order valence-corrected chi connectivity index (χ0v) is 14.3. The highest BCUT2D eigenvalue weighted by Gasteiger charge is 2.14. The summed E-state index contributed by atoms with van der Waals surface area (Å²) in [6.07, 6.45) is 1.57. The number of thioether (sulfide) groups is 1. The van der Waals surface area contributed by atoms with Gasteiger partial charge in [-0.2, -0.15) is 0 Å². The lowest BCUT2D eigenvalue weighted by atomic mass is 10.2. The van der Waals surface area contributed by atoms with E-state index in [4.69, 9.17) is 20.4 Å². The van der Waals surface area contributed by atoms with Crippen molar-refractivity contribution in [3.8, 4) is 11.5 Å². The molecule has 8 heteroatoms. The highest BCUT2D eigenvalue weighted by atomic mass is 35.5. The summed E-state index contributed by atoms with van der Waals surface area (Å²) < 4.78 is 10.8. The molecule has 1 aromatic carbocycles. The van der Waals surface area contributed by atoms with Crippen molar-refractivity contribution < 1.29 is 13.6 Å². The fraction of sp³-hybridized carbons (Fsp3) is 0.188. The van der Waals surface area contributed by atoms with Crippen LogP contribution in [-0.4, -0.2) is 21.9 Å². The Labute approximate surface area is 147 Å². The number of benzene rings is 1. The van der Waals surface area contributed by atoms with Crippen molar-refractivity contribution in [2.45, 2.75) is 18.2 Å². The molecule has 0 bridgehead atoms. The Bertz CT molecular complexity index is 820. The number of hydrogen-bond donors (Lipinski definition) is 1. The van der Waals surface area contributed by atoms with Crippen molar-refractivity contribution in [2.75, 3.05) is 5.75 Å². The maximum atomic E-state index is 12.0. The summed E-state index contributed by atoms with van der Waals surface area (Å²) in [6, 6.07) is 10.5. The van der Waals surface area contributed by atoms with Gasteiger partial charge in [-0.25, -0.2) is 0 Å². The SMILES string of the molecule is C[C@@H](NC(=O)CSc1nnc(-c2cccc(Cl)c2)o1)c1ccco1. The molecule has 0 radical (unpaired) electrons. The molecule has 0 aliphatic rings. The van der Waals surface area contributed by atoms with Crippen LogP contribution in [0.4, 0.5) is 0 Å². The van der Waals surface area contributed by atoms with Gasteiger partial charge in [-0.05, 0) is 37.3 Å². The zero-order valence-electron chi connectivity index (χ0n) is 12.7. The van der Waals surface area contributed by atoms with Crippen LogP contribution in [0.3, 0.4) is 0 Å². The van der Waals surface area contributed by atoms with E-state index < -0.39 is 0 Å². The first-order valence-electron chi connectivity index (χ1n) is 7.17. The molecule has 3 aromatic rings. The van der Waals surface area contributed by atoms with Gasteiger partial charge in [0.05, 0.1) is 18.1 Å². The van der Waals surface area contributed by atoms with Crippen LogP contribution in [0.2, 0.25) is 5.02 Å². The van der Waals surface area contributed by atoms with Crippen molar-refractivity contribution in [1.82, 2.24) is 15.5 Å². The average Bonchev–Trinajstić information content (AvgIpc) is 3.25. The lowest BCUT2D eigenvalue weighted by Crippen LogP contribution is -2.27. The van der Waals surface area contributed by atoms with Gasteiger partial charge in [-0.3, -0.25) is 4.79 Å².